The van der Waals surface area contributed by atoms with E-state index in [1.165, 1.54) is 0 Å². The molecule has 0 spiro atoms. The Kier molecular flexibility index (Phi) is 5.22. The zero-order valence-electron chi connectivity index (χ0n) is 13.5. The van der Waals surface area contributed by atoms with Gasteiger partial charge < -0.3 is 20.1 Å². The lowest BCUT2D eigenvalue weighted by Crippen LogP contribution is -2.41. The molecule has 1 aromatic heterocycles. The zero-order chi connectivity index (χ0) is 16.8. The highest BCUT2D eigenvalue weighted by Gasteiger charge is 2.16. The van der Waals surface area contributed by atoms with Crippen LogP contribution in [-0.4, -0.2) is 35.3 Å². The number of benzene rings is 1. The van der Waals surface area contributed by atoms with Gasteiger partial charge in [-0.3, -0.25) is 0 Å². The fraction of sp³-hybridized carbons (Fsp3) is 0.353. The maximum Gasteiger partial charge on any atom is 0.321 e. The van der Waals surface area contributed by atoms with Gasteiger partial charge in [0.25, 0.3) is 0 Å². The molecule has 126 valence electrons. The number of carbonyl (C=O) groups excluding carboxylic acids is 1. The van der Waals surface area contributed by atoms with Crippen molar-refractivity contribution in [3.63, 3.8) is 0 Å². The van der Waals surface area contributed by atoms with Crippen molar-refractivity contribution < 1.29 is 14.3 Å². The molecule has 1 aromatic carbocycles. The van der Waals surface area contributed by atoms with Crippen molar-refractivity contribution in [3.05, 3.63) is 42.2 Å². The molecule has 7 nitrogen and oxygen atoms in total. The number of carbonyl (C=O) groups is 1. The molecule has 7 heteroatoms. The summed E-state index contributed by atoms with van der Waals surface area (Å²) in [5.74, 6) is 0.620. The summed E-state index contributed by atoms with van der Waals surface area (Å²) in [6.07, 6.45) is 4.92. The van der Waals surface area contributed by atoms with E-state index in [9.17, 15) is 4.79 Å². The molecular weight excluding hydrogens is 308 g/mol. The molecule has 1 aliphatic heterocycles. The maximum atomic E-state index is 12.1. The first-order valence-electron chi connectivity index (χ1n) is 7.91. The van der Waals surface area contributed by atoms with Crippen LogP contribution in [0, 0.1) is 6.92 Å². The summed E-state index contributed by atoms with van der Waals surface area (Å²) < 4.78 is 10.9. The van der Waals surface area contributed by atoms with Gasteiger partial charge in [0.05, 0.1) is 0 Å². The van der Waals surface area contributed by atoms with E-state index in [2.05, 4.69) is 20.6 Å². The number of hydrogen-bond acceptors (Lipinski definition) is 5. The normalized spacial score (nSPS) is 14.9. The summed E-state index contributed by atoms with van der Waals surface area (Å²) in [5, 5.41) is 5.84. The van der Waals surface area contributed by atoms with Crippen LogP contribution in [0.15, 0.2) is 36.7 Å². The monoisotopic (exact) mass is 328 g/mol. The number of urea groups is 1. The van der Waals surface area contributed by atoms with Crippen LogP contribution < -0.4 is 15.4 Å². The van der Waals surface area contributed by atoms with E-state index >= 15 is 0 Å². The van der Waals surface area contributed by atoms with Gasteiger partial charge in [0, 0.05) is 37.3 Å². The summed E-state index contributed by atoms with van der Waals surface area (Å²) in [7, 11) is 0. The Morgan fingerprint density at radius 3 is 2.71 bits per heavy atom. The van der Waals surface area contributed by atoms with Gasteiger partial charge in [0.15, 0.2) is 0 Å². The van der Waals surface area contributed by atoms with Crippen molar-refractivity contribution in [1.82, 2.24) is 15.3 Å². The number of hydrogen-bond donors (Lipinski definition) is 2. The number of rotatable bonds is 4. The molecule has 3 rings (SSSR count). The molecular formula is C17H20N4O3. The average Bonchev–Trinajstić information content (AvgIpc) is 2.59. The highest BCUT2D eigenvalue weighted by Crippen LogP contribution is 2.24. The van der Waals surface area contributed by atoms with Crippen LogP contribution in [0.2, 0.25) is 0 Å². The average molecular weight is 328 g/mol. The second kappa shape index (κ2) is 7.74. The summed E-state index contributed by atoms with van der Waals surface area (Å²) >= 11 is 0. The maximum absolute atomic E-state index is 12.1. The number of ether oxygens (including phenoxy) is 2. The minimum absolute atomic E-state index is 0.164. The largest absolute Gasteiger partial charge is 0.424 e. The van der Waals surface area contributed by atoms with Crippen molar-refractivity contribution in [2.45, 2.75) is 25.8 Å². The minimum atomic E-state index is -0.204. The smallest absolute Gasteiger partial charge is 0.321 e. The number of aryl methyl sites for hydroxylation is 1. The first kappa shape index (κ1) is 16.2. The first-order chi connectivity index (χ1) is 11.7. The molecule has 2 N–H and O–H groups in total. The number of nitrogens with zero attached hydrogens (tertiary/aromatic N) is 2. The predicted octanol–water partition coefficient (Wildman–Crippen LogP) is 2.88. The van der Waals surface area contributed by atoms with E-state index in [-0.39, 0.29) is 18.1 Å². The number of amides is 2. The Morgan fingerprint density at radius 2 is 2.00 bits per heavy atom. The van der Waals surface area contributed by atoms with Crippen molar-refractivity contribution in [2.24, 2.45) is 0 Å². The SMILES string of the molecule is Cc1cc(Oc2ncccn2)ccc1NC(=O)NC1CCOCC1. The van der Waals surface area contributed by atoms with Crippen LogP contribution in [0.5, 0.6) is 11.8 Å². The minimum Gasteiger partial charge on any atom is -0.424 e. The lowest BCUT2D eigenvalue weighted by Gasteiger charge is -2.23. The molecule has 2 heterocycles. The first-order valence-corrected chi connectivity index (χ1v) is 7.91. The Hall–Kier alpha value is -2.67. The fourth-order valence-electron chi connectivity index (χ4n) is 2.47. The van der Waals surface area contributed by atoms with Gasteiger partial charge in [-0.15, -0.1) is 0 Å². The van der Waals surface area contributed by atoms with Crippen molar-refractivity contribution in [3.8, 4) is 11.8 Å². The highest BCUT2D eigenvalue weighted by molar-refractivity contribution is 5.90. The topological polar surface area (TPSA) is 85.4 Å². The van der Waals surface area contributed by atoms with Crippen molar-refractivity contribution in [1.29, 1.82) is 0 Å². The third kappa shape index (κ3) is 4.42. The molecule has 0 radical (unpaired) electrons. The molecule has 0 bridgehead atoms. The molecule has 0 saturated carbocycles. The van der Waals surface area contributed by atoms with E-state index in [4.69, 9.17) is 9.47 Å². The van der Waals surface area contributed by atoms with E-state index in [1.54, 1.807) is 30.6 Å². The van der Waals surface area contributed by atoms with Crippen LogP contribution in [0.25, 0.3) is 0 Å². The molecule has 0 unspecified atom stereocenters. The number of aromatic nitrogens is 2. The van der Waals surface area contributed by atoms with Crippen molar-refractivity contribution >= 4 is 11.7 Å². The molecule has 0 aliphatic carbocycles. The molecule has 1 aliphatic rings. The van der Waals surface area contributed by atoms with Crippen LogP contribution in [0.4, 0.5) is 10.5 Å². The molecule has 1 saturated heterocycles. The van der Waals surface area contributed by atoms with Gasteiger partial charge in [-0.25, -0.2) is 14.8 Å². The number of anilines is 1. The van der Waals surface area contributed by atoms with Crippen LogP contribution in [0.1, 0.15) is 18.4 Å². The Labute approximate surface area is 140 Å². The molecule has 2 amide bonds. The lowest BCUT2D eigenvalue weighted by molar-refractivity contribution is 0.0806. The van der Waals surface area contributed by atoms with Gasteiger partial charge in [0.1, 0.15) is 5.75 Å². The molecule has 24 heavy (non-hydrogen) atoms. The second-order valence-electron chi connectivity index (χ2n) is 5.60. The summed E-state index contributed by atoms with van der Waals surface area (Å²) in [6.45, 7) is 3.29. The number of nitrogens with one attached hydrogen (secondary N) is 2. The summed E-state index contributed by atoms with van der Waals surface area (Å²) in [6, 6.07) is 7.38. The van der Waals surface area contributed by atoms with Gasteiger partial charge in [-0.05, 0) is 49.6 Å². The second-order valence-corrected chi connectivity index (χ2v) is 5.60. The van der Waals surface area contributed by atoms with Crippen LogP contribution >= 0.6 is 0 Å². The summed E-state index contributed by atoms with van der Waals surface area (Å²) in [5.41, 5.74) is 1.63. The van der Waals surface area contributed by atoms with E-state index in [0.717, 1.165) is 24.1 Å². The Balaban J connectivity index is 1.59. The molecule has 2 aromatic rings. The predicted molar refractivity (Wildman–Crippen MR) is 89.3 cm³/mol. The van der Waals surface area contributed by atoms with E-state index in [0.29, 0.717) is 19.0 Å². The van der Waals surface area contributed by atoms with Gasteiger partial charge in [-0.1, -0.05) is 0 Å². The highest BCUT2D eigenvalue weighted by atomic mass is 16.5. The van der Waals surface area contributed by atoms with Crippen molar-refractivity contribution in [2.75, 3.05) is 18.5 Å². The third-order valence-electron chi connectivity index (χ3n) is 3.75. The molecule has 0 atom stereocenters. The van der Waals surface area contributed by atoms with Gasteiger partial charge in [0.2, 0.25) is 0 Å². The lowest BCUT2D eigenvalue weighted by atomic mass is 10.1. The van der Waals surface area contributed by atoms with Gasteiger partial charge in [-0.2, -0.15) is 0 Å². The Morgan fingerprint density at radius 1 is 1.25 bits per heavy atom. The zero-order valence-corrected chi connectivity index (χ0v) is 13.5. The van der Waals surface area contributed by atoms with Crippen LogP contribution in [-0.2, 0) is 4.74 Å². The quantitative estimate of drug-likeness (QED) is 0.901. The summed E-state index contributed by atoms with van der Waals surface area (Å²) in [4.78, 5) is 20.1. The van der Waals surface area contributed by atoms with Gasteiger partial charge >= 0.3 is 12.0 Å². The van der Waals surface area contributed by atoms with E-state index < -0.39 is 0 Å². The Bertz CT molecular complexity index is 687. The molecule has 1 fully saturated rings. The standard InChI is InChI=1S/C17H20N4O3/c1-12-11-14(24-17-18-7-2-8-19-17)3-4-15(12)21-16(22)20-13-5-9-23-10-6-13/h2-4,7-8,11,13H,5-6,9-10H2,1H3,(H2,20,21,22). The fourth-order valence-corrected chi connectivity index (χ4v) is 2.47. The van der Waals surface area contributed by atoms with E-state index in [1.807, 2.05) is 13.0 Å². The van der Waals surface area contributed by atoms with Crippen LogP contribution in [0.3, 0.4) is 0 Å². The third-order valence-corrected chi connectivity index (χ3v) is 3.75.